The van der Waals surface area contributed by atoms with Crippen LogP contribution < -0.4 is 10.2 Å². The summed E-state index contributed by atoms with van der Waals surface area (Å²) in [6.45, 7) is 2.28. The summed E-state index contributed by atoms with van der Waals surface area (Å²) in [5, 5.41) is 13.2. The lowest BCUT2D eigenvalue weighted by atomic mass is 9.58. The average molecular weight is 395 g/mol. The summed E-state index contributed by atoms with van der Waals surface area (Å²) in [6.07, 6.45) is 2.57. The number of hydrogen-bond donors (Lipinski definition) is 2. The number of amides is 2. The minimum absolute atomic E-state index is 0.0710. The van der Waals surface area contributed by atoms with Crippen LogP contribution in [0.3, 0.4) is 0 Å². The number of aliphatic hydroxyl groups is 1. The van der Waals surface area contributed by atoms with E-state index in [-0.39, 0.29) is 29.7 Å². The second kappa shape index (κ2) is 7.48. The first-order chi connectivity index (χ1) is 13.4. The molecule has 0 aromatic heterocycles. The average Bonchev–Trinajstić information content (AvgIpc) is 3.14. The van der Waals surface area contributed by atoms with E-state index in [9.17, 15) is 18.7 Å². The monoisotopic (exact) mass is 395 g/mol. The molecule has 3 aliphatic rings. The number of rotatable bonds is 3. The number of piperidine rings is 1. The van der Waals surface area contributed by atoms with Crippen LogP contribution in [0.5, 0.6) is 0 Å². The smallest absolute Gasteiger partial charge is 0.317 e. The molecule has 154 valence electrons. The molecule has 3 fully saturated rings. The lowest BCUT2D eigenvalue weighted by Crippen LogP contribution is -2.63. The Hall–Kier alpha value is -1.93. The molecular weight excluding hydrogens is 368 g/mol. The molecule has 8 heteroatoms. The first-order valence-corrected chi connectivity index (χ1v) is 9.89. The molecule has 2 amide bonds. The van der Waals surface area contributed by atoms with Crippen molar-refractivity contribution >= 4 is 11.7 Å². The molecule has 3 unspecified atom stereocenters. The van der Waals surface area contributed by atoms with E-state index in [0.717, 1.165) is 18.9 Å². The number of aliphatic hydroxyl groups excluding tert-OH is 1. The van der Waals surface area contributed by atoms with Gasteiger partial charge in [0.05, 0.1) is 17.9 Å². The molecule has 2 N–H and O–H groups in total. The van der Waals surface area contributed by atoms with Gasteiger partial charge < -0.3 is 25.0 Å². The van der Waals surface area contributed by atoms with Gasteiger partial charge in [-0.15, -0.1) is 0 Å². The van der Waals surface area contributed by atoms with Gasteiger partial charge in [0.15, 0.2) is 0 Å². The zero-order valence-corrected chi connectivity index (χ0v) is 16.0. The molecule has 1 aromatic carbocycles. The minimum Gasteiger partial charge on any atom is -0.392 e. The van der Waals surface area contributed by atoms with Crippen LogP contribution in [-0.2, 0) is 4.74 Å². The van der Waals surface area contributed by atoms with Crippen molar-refractivity contribution in [1.82, 2.24) is 10.2 Å². The maximum Gasteiger partial charge on any atom is 0.317 e. The number of nitrogens with one attached hydrogen (secondary N) is 1. The van der Waals surface area contributed by atoms with Gasteiger partial charge >= 0.3 is 6.03 Å². The van der Waals surface area contributed by atoms with E-state index >= 15 is 0 Å². The van der Waals surface area contributed by atoms with E-state index in [4.69, 9.17) is 4.74 Å². The van der Waals surface area contributed by atoms with Crippen molar-refractivity contribution < 1.29 is 23.4 Å². The Morgan fingerprint density at radius 1 is 1.29 bits per heavy atom. The van der Waals surface area contributed by atoms with Crippen molar-refractivity contribution in [2.24, 2.45) is 5.41 Å². The Labute approximate surface area is 163 Å². The lowest BCUT2D eigenvalue weighted by Gasteiger charge is -2.56. The number of halogens is 2. The summed E-state index contributed by atoms with van der Waals surface area (Å²) in [5.74, 6) is -1.18. The number of carbonyl (C=O) groups excluding carboxylic acids is 1. The number of ether oxygens (including phenoxy) is 1. The summed E-state index contributed by atoms with van der Waals surface area (Å²) in [5.41, 5.74) is 0.151. The van der Waals surface area contributed by atoms with Gasteiger partial charge in [0.25, 0.3) is 0 Å². The number of hydrogen-bond acceptors (Lipinski definition) is 4. The normalized spacial score (nSPS) is 29.1. The Morgan fingerprint density at radius 3 is 2.68 bits per heavy atom. The summed E-state index contributed by atoms with van der Waals surface area (Å²) in [6, 6.07) is 3.37. The summed E-state index contributed by atoms with van der Waals surface area (Å²) in [7, 11) is 1.67. The number of anilines is 1. The molecule has 2 saturated heterocycles. The maximum atomic E-state index is 14.0. The molecule has 4 rings (SSSR count). The highest BCUT2D eigenvalue weighted by Gasteiger charge is 2.56. The number of nitrogens with zero attached hydrogens (tertiary/aromatic N) is 2. The minimum atomic E-state index is -0.597. The van der Waals surface area contributed by atoms with E-state index in [1.165, 1.54) is 12.1 Å². The van der Waals surface area contributed by atoms with Gasteiger partial charge in [-0.2, -0.15) is 0 Å². The Morgan fingerprint density at radius 2 is 2.04 bits per heavy atom. The van der Waals surface area contributed by atoms with Crippen LogP contribution in [-0.4, -0.2) is 67.6 Å². The van der Waals surface area contributed by atoms with Gasteiger partial charge in [0.1, 0.15) is 11.6 Å². The van der Waals surface area contributed by atoms with Crippen LogP contribution in [0.15, 0.2) is 18.2 Å². The molecule has 3 atom stereocenters. The van der Waals surface area contributed by atoms with Crippen molar-refractivity contribution in [3.8, 4) is 0 Å². The van der Waals surface area contributed by atoms with E-state index in [2.05, 4.69) is 5.32 Å². The third kappa shape index (κ3) is 3.33. The number of likely N-dealkylation sites (tertiary alicyclic amines) is 1. The first-order valence-electron chi connectivity index (χ1n) is 9.89. The molecular formula is C20H27F2N3O3. The van der Waals surface area contributed by atoms with Gasteiger partial charge in [-0.05, 0) is 31.4 Å². The summed E-state index contributed by atoms with van der Waals surface area (Å²) in [4.78, 5) is 16.3. The highest BCUT2D eigenvalue weighted by molar-refractivity contribution is 5.75. The number of urea groups is 1. The molecule has 6 nitrogen and oxygen atoms in total. The number of carbonyl (C=O) groups is 1. The molecule has 28 heavy (non-hydrogen) atoms. The fraction of sp³-hybridized carbons (Fsp3) is 0.650. The number of methoxy groups -OCH3 is 1. The quantitative estimate of drug-likeness (QED) is 0.823. The van der Waals surface area contributed by atoms with Crippen LogP contribution in [0.4, 0.5) is 19.3 Å². The van der Waals surface area contributed by atoms with Crippen molar-refractivity contribution in [2.75, 3.05) is 38.2 Å². The lowest BCUT2D eigenvalue weighted by molar-refractivity contribution is -0.198. The molecule has 2 heterocycles. The summed E-state index contributed by atoms with van der Waals surface area (Å²) < 4.78 is 32.6. The SMILES string of the molecule is COC1CC(O)C12CCN(C(=O)NC1CCN(c3ccc(F)cc3F)C1)CC2. The molecule has 1 aromatic rings. The molecule has 2 aliphatic heterocycles. The fourth-order valence-corrected chi connectivity index (χ4v) is 4.94. The second-order valence-corrected chi connectivity index (χ2v) is 8.17. The van der Waals surface area contributed by atoms with Crippen LogP contribution in [0.1, 0.15) is 25.7 Å². The topological polar surface area (TPSA) is 65.0 Å². The zero-order valence-electron chi connectivity index (χ0n) is 16.0. The van der Waals surface area contributed by atoms with Crippen LogP contribution in [0.2, 0.25) is 0 Å². The highest BCUT2D eigenvalue weighted by Crippen LogP contribution is 2.50. The van der Waals surface area contributed by atoms with Gasteiger partial charge in [-0.25, -0.2) is 13.6 Å². The molecule has 1 aliphatic carbocycles. The maximum absolute atomic E-state index is 14.0. The summed E-state index contributed by atoms with van der Waals surface area (Å²) >= 11 is 0. The van der Waals surface area contributed by atoms with Gasteiger partial charge in [-0.3, -0.25) is 0 Å². The van der Waals surface area contributed by atoms with E-state index in [1.54, 1.807) is 12.0 Å². The predicted molar refractivity (Wildman–Crippen MR) is 100 cm³/mol. The Balaban J connectivity index is 1.29. The van der Waals surface area contributed by atoms with Crippen molar-refractivity contribution in [2.45, 2.75) is 43.9 Å². The van der Waals surface area contributed by atoms with E-state index in [1.807, 2.05) is 4.90 Å². The van der Waals surface area contributed by atoms with Crippen LogP contribution in [0.25, 0.3) is 0 Å². The highest BCUT2D eigenvalue weighted by atomic mass is 19.1. The van der Waals surface area contributed by atoms with Gasteiger partial charge in [0, 0.05) is 57.2 Å². The van der Waals surface area contributed by atoms with Crippen molar-refractivity contribution in [3.05, 3.63) is 29.8 Å². The molecule has 1 saturated carbocycles. The third-order valence-corrected chi connectivity index (χ3v) is 6.77. The second-order valence-electron chi connectivity index (χ2n) is 8.17. The third-order valence-electron chi connectivity index (χ3n) is 6.77. The van der Waals surface area contributed by atoms with Gasteiger partial charge in [0.2, 0.25) is 0 Å². The number of benzene rings is 1. The molecule has 1 spiro atoms. The van der Waals surface area contributed by atoms with Crippen LogP contribution in [0, 0.1) is 17.0 Å². The standard InChI is InChI=1S/C20H27F2N3O3/c1-28-18-11-17(26)20(18)5-8-24(9-6-20)19(27)23-14-4-7-25(12-14)16-3-2-13(21)10-15(16)22/h2-3,10,14,17-18,26H,4-9,11-12H2,1H3,(H,23,27). The zero-order chi connectivity index (χ0) is 19.9. The van der Waals surface area contributed by atoms with E-state index in [0.29, 0.717) is 44.7 Å². The van der Waals surface area contributed by atoms with Crippen molar-refractivity contribution in [1.29, 1.82) is 0 Å². The first kappa shape index (κ1) is 19.4. The molecule has 0 bridgehead atoms. The van der Waals surface area contributed by atoms with E-state index < -0.39 is 11.6 Å². The van der Waals surface area contributed by atoms with Crippen molar-refractivity contribution in [3.63, 3.8) is 0 Å². The Kier molecular flexibility index (Phi) is 5.18. The van der Waals surface area contributed by atoms with Crippen LogP contribution >= 0.6 is 0 Å². The largest absolute Gasteiger partial charge is 0.392 e. The predicted octanol–water partition coefficient (Wildman–Crippen LogP) is 2.11. The van der Waals surface area contributed by atoms with Gasteiger partial charge in [-0.1, -0.05) is 0 Å². The molecule has 0 radical (unpaired) electrons. The Bertz CT molecular complexity index is 739. The fourth-order valence-electron chi connectivity index (χ4n) is 4.94.